The van der Waals surface area contributed by atoms with E-state index in [4.69, 9.17) is 0 Å². The first-order chi connectivity index (χ1) is 4.58. The molecule has 0 saturated carbocycles. The fourth-order valence-electron chi connectivity index (χ4n) is 0.867. The summed E-state index contributed by atoms with van der Waals surface area (Å²) in [6, 6.07) is 0. The molecule has 1 aliphatic heterocycles. The lowest BCUT2D eigenvalue weighted by Crippen LogP contribution is -2.20. The summed E-state index contributed by atoms with van der Waals surface area (Å²) in [5, 5.41) is 7.77. The largest absolute Gasteiger partial charge is 0.212 e. The average molecular weight is 140 g/mol. The second-order valence-electron chi connectivity index (χ2n) is 3.75. The average Bonchev–Trinajstić information content (AvgIpc) is 2.12. The van der Waals surface area contributed by atoms with Crippen molar-refractivity contribution in [2.24, 2.45) is 15.8 Å². The Labute approximate surface area is 61.4 Å². The maximum absolute atomic E-state index is 3.92. The van der Waals surface area contributed by atoms with Crippen LogP contribution in [0.15, 0.2) is 10.3 Å². The highest BCUT2D eigenvalue weighted by Crippen LogP contribution is 2.13. The number of rotatable bonds is 1. The molecule has 0 aromatic carbocycles. The lowest BCUT2D eigenvalue weighted by atomic mass is 9.97. The van der Waals surface area contributed by atoms with Crippen molar-refractivity contribution < 1.29 is 4.68 Å². The van der Waals surface area contributed by atoms with Gasteiger partial charge in [-0.3, -0.25) is 0 Å². The maximum atomic E-state index is 3.92. The molecule has 0 saturated heterocycles. The van der Waals surface area contributed by atoms with Crippen molar-refractivity contribution in [2.75, 3.05) is 13.1 Å². The highest BCUT2D eigenvalue weighted by Gasteiger charge is 2.17. The van der Waals surface area contributed by atoms with Gasteiger partial charge in [0.15, 0.2) is 0 Å². The zero-order valence-corrected chi connectivity index (χ0v) is 6.83. The van der Waals surface area contributed by atoms with E-state index in [1.165, 1.54) is 0 Å². The molecule has 0 atom stereocenters. The van der Waals surface area contributed by atoms with Gasteiger partial charge in [0.2, 0.25) is 6.54 Å². The SMILES string of the molecule is CC(C)(C)C[N+]1=CCN=N1. The van der Waals surface area contributed by atoms with Crippen molar-refractivity contribution in [1.82, 2.24) is 0 Å². The van der Waals surface area contributed by atoms with E-state index in [1.807, 2.05) is 10.9 Å². The van der Waals surface area contributed by atoms with Gasteiger partial charge in [-0.15, -0.1) is 4.68 Å². The first kappa shape index (κ1) is 7.38. The van der Waals surface area contributed by atoms with Crippen LogP contribution in [0.3, 0.4) is 0 Å². The van der Waals surface area contributed by atoms with Crippen LogP contribution in [0, 0.1) is 5.41 Å². The molecule has 0 amide bonds. The van der Waals surface area contributed by atoms with Gasteiger partial charge >= 0.3 is 0 Å². The zero-order chi connectivity index (χ0) is 7.61. The van der Waals surface area contributed by atoms with Crippen molar-refractivity contribution in [2.45, 2.75) is 20.8 Å². The Kier molecular flexibility index (Phi) is 1.83. The first-order valence-electron chi connectivity index (χ1n) is 3.55. The third-order valence-corrected chi connectivity index (χ3v) is 1.19. The van der Waals surface area contributed by atoms with Crippen LogP contribution in [0.1, 0.15) is 20.8 Å². The second kappa shape index (κ2) is 2.48. The van der Waals surface area contributed by atoms with Crippen LogP contribution in [0.25, 0.3) is 0 Å². The van der Waals surface area contributed by atoms with Gasteiger partial charge in [0.1, 0.15) is 18.0 Å². The van der Waals surface area contributed by atoms with Crippen molar-refractivity contribution >= 4 is 6.21 Å². The van der Waals surface area contributed by atoms with Gasteiger partial charge in [-0.25, -0.2) is 0 Å². The predicted octanol–water partition coefficient (Wildman–Crippen LogP) is 1.50. The summed E-state index contributed by atoms with van der Waals surface area (Å²) in [5.74, 6) is 0. The quantitative estimate of drug-likeness (QED) is 0.494. The summed E-state index contributed by atoms with van der Waals surface area (Å²) in [6.45, 7) is 8.27. The minimum Gasteiger partial charge on any atom is -0.137 e. The molecular weight excluding hydrogens is 126 g/mol. The van der Waals surface area contributed by atoms with E-state index in [9.17, 15) is 0 Å². The van der Waals surface area contributed by atoms with Crippen molar-refractivity contribution in [1.29, 1.82) is 0 Å². The molecular formula is C7H14N3+. The molecule has 0 spiro atoms. The summed E-state index contributed by atoms with van der Waals surface area (Å²) < 4.78 is 1.90. The fourth-order valence-corrected chi connectivity index (χ4v) is 0.867. The molecule has 0 aromatic rings. The Morgan fingerprint density at radius 2 is 2.20 bits per heavy atom. The number of hydrogen-bond donors (Lipinski definition) is 0. The van der Waals surface area contributed by atoms with Crippen LogP contribution in [0.2, 0.25) is 0 Å². The number of nitrogens with zero attached hydrogens (tertiary/aromatic N) is 3. The molecule has 3 nitrogen and oxygen atoms in total. The summed E-state index contributed by atoms with van der Waals surface area (Å²) in [4.78, 5) is 0. The van der Waals surface area contributed by atoms with E-state index < -0.39 is 0 Å². The third kappa shape index (κ3) is 2.25. The van der Waals surface area contributed by atoms with Crippen LogP contribution in [0.5, 0.6) is 0 Å². The summed E-state index contributed by atoms with van der Waals surface area (Å²) in [7, 11) is 0. The minimum absolute atomic E-state index is 0.305. The van der Waals surface area contributed by atoms with Gasteiger partial charge in [0, 0.05) is 10.5 Å². The molecule has 0 aliphatic carbocycles. The monoisotopic (exact) mass is 140 g/mol. The van der Waals surface area contributed by atoms with Crippen molar-refractivity contribution in [3.05, 3.63) is 0 Å². The predicted molar refractivity (Wildman–Crippen MR) is 40.4 cm³/mol. The first-order valence-corrected chi connectivity index (χ1v) is 3.55. The third-order valence-electron chi connectivity index (χ3n) is 1.19. The van der Waals surface area contributed by atoms with E-state index in [2.05, 4.69) is 31.1 Å². The topological polar surface area (TPSA) is 27.7 Å². The molecule has 0 aromatic heterocycles. The molecule has 0 fully saturated rings. The molecule has 10 heavy (non-hydrogen) atoms. The highest BCUT2D eigenvalue weighted by atomic mass is 15.5. The molecule has 0 bridgehead atoms. The number of hydrogen-bond acceptors (Lipinski definition) is 2. The van der Waals surface area contributed by atoms with Gasteiger partial charge in [0.05, 0.1) is 0 Å². The normalized spacial score (nSPS) is 17.7. The minimum atomic E-state index is 0.305. The molecule has 1 heterocycles. The van der Waals surface area contributed by atoms with Crippen LogP contribution in [-0.2, 0) is 0 Å². The molecule has 56 valence electrons. The summed E-state index contributed by atoms with van der Waals surface area (Å²) in [6.07, 6.45) is 2.01. The van der Waals surface area contributed by atoms with Crippen LogP contribution in [0.4, 0.5) is 0 Å². The van der Waals surface area contributed by atoms with E-state index in [0.29, 0.717) is 5.41 Å². The summed E-state index contributed by atoms with van der Waals surface area (Å²) in [5.41, 5.74) is 0.305. The molecule has 0 unspecified atom stereocenters. The molecule has 3 heteroatoms. The molecule has 0 N–H and O–H groups in total. The van der Waals surface area contributed by atoms with Crippen molar-refractivity contribution in [3.63, 3.8) is 0 Å². The Morgan fingerprint density at radius 3 is 2.60 bits per heavy atom. The second-order valence-corrected chi connectivity index (χ2v) is 3.75. The van der Waals surface area contributed by atoms with Crippen LogP contribution < -0.4 is 0 Å². The van der Waals surface area contributed by atoms with E-state index in [1.54, 1.807) is 0 Å². The van der Waals surface area contributed by atoms with E-state index in [0.717, 1.165) is 13.1 Å². The Balaban J connectivity index is 2.46. The fraction of sp³-hybridized carbons (Fsp3) is 0.857. The lowest BCUT2D eigenvalue weighted by Gasteiger charge is -2.13. The van der Waals surface area contributed by atoms with Gasteiger partial charge in [0.25, 0.3) is 0 Å². The van der Waals surface area contributed by atoms with Crippen LogP contribution >= 0.6 is 0 Å². The van der Waals surface area contributed by atoms with Crippen molar-refractivity contribution in [3.8, 4) is 0 Å². The van der Waals surface area contributed by atoms with Gasteiger partial charge in [-0.05, 0) is 0 Å². The molecule has 1 aliphatic rings. The van der Waals surface area contributed by atoms with Gasteiger partial charge in [-0.1, -0.05) is 20.8 Å². The van der Waals surface area contributed by atoms with Gasteiger partial charge < -0.3 is 0 Å². The van der Waals surface area contributed by atoms with E-state index >= 15 is 0 Å². The summed E-state index contributed by atoms with van der Waals surface area (Å²) >= 11 is 0. The Bertz CT molecular complexity index is 174. The maximum Gasteiger partial charge on any atom is 0.212 e. The van der Waals surface area contributed by atoms with E-state index in [-0.39, 0.29) is 0 Å². The zero-order valence-electron chi connectivity index (χ0n) is 6.83. The smallest absolute Gasteiger partial charge is 0.137 e. The molecule has 0 radical (unpaired) electrons. The standard InChI is InChI=1S/C7H14N3/c1-7(2,3)6-10-5-4-8-9-10/h5H,4,6H2,1-3H3/q+1. The lowest BCUT2D eigenvalue weighted by molar-refractivity contribution is -0.544. The van der Waals surface area contributed by atoms with Gasteiger partial charge in [-0.2, -0.15) is 0 Å². The highest BCUT2D eigenvalue weighted by molar-refractivity contribution is 5.54. The Hall–Kier alpha value is -0.730. The van der Waals surface area contributed by atoms with Crippen LogP contribution in [-0.4, -0.2) is 24.0 Å². The Morgan fingerprint density at radius 1 is 1.50 bits per heavy atom. The molecule has 1 rings (SSSR count).